The Balaban J connectivity index is 2.61. The van der Waals surface area contributed by atoms with E-state index in [9.17, 15) is 4.79 Å². The molecule has 78 valence electrons. The van der Waals surface area contributed by atoms with Crippen LogP contribution in [0.4, 0.5) is 0 Å². The van der Waals surface area contributed by atoms with E-state index in [0.29, 0.717) is 5.56 Å². The smallest absolute Gasteiger partial charge is 0.177 e. The van der Waals surface area contributed by atoms with Crippen LogP contribution in [0.1, 0.15) is 37.6 Å². The van der Waals surface area contributed by atoms with Gasteiger partial charge in [-0.05, 0) is 20.8 Å². The van der Waals surface area contributed by atoms with Gasteiger partial charge in [0.1, 0.15) is 6.33 Å². The van der Waals surface area contributed by atoms with Crippen LogP contribution >= 0.6 is 0 Å². The lowest BCUT2D eigenvalue weighted by Crippen LogP contribution is -2.02. The standard InChI is InChI=1S/C12H14N2O/c1-12(2,3)6-4-5-11(15)10-7-13-9-14-8-10/h7-9H,5H2,1-3H3. The molecular weight excluding hydrogens is 188 g/mol. The molecule has 3 heteroatoms. The molecule has 0 N–H and O–H groups in total. The summed E-state index contributed by atoms with van der Waals surface area (Å²) in [4.78, 5) is 19.1. The first kappa shape index (κ1) is 11.4. The van der Waals surface area contributed by atoms with Crippen LogP contribution in [0.3, 0.4) is 0 Å². The van der Waals surface area contributed by atoms with Crippen molar-refractivity contribution in [3.63, 3.8) is 0 Å². The van der Waals surface area contributed by atoms with Crippen LogP contribution in [-0.2, 0) is 0 Å². The van der Waals surface area contributed by atoms with E-state index in [2.05, 4.69) is 21.8 Å². The zero-order valence-electron chi connectivity index (χ0n) is 9.24. The molecule has 15 heavy (non-hydrogen) atoms. The molecule has 0 saturated heterocycles. The van der Waals surface area contributed by atoms with Crippen molar-refractivity contribution >= 4 is 5.78 Å². The van der Waals surface area contributed by atoms with Crippen LogP contribution < -0.4 is 0 Å². The van der Waals surface area contributed by atoms with E-state index >= 15 is 0 Å². The molecule has 1 aromatic rings. The average Bonchev–Trinajstić information content (AvgIpc) is 2.17. The summed E-state index contributed by atoms with van der Waals surface area (Å²) in [6, 6.07) is 0. The van der Waals surface area contributed by atoms with Gasteiger partial charge in [0.25, 0.3) is 0 Å². The molecule has 0 aliphatic heterocycles. The third-order valence-corrected chi connectivity index (χ3v) is 1.59. The highest BCUT2D eigenvalue weighted by Gasteiger charge is 2.06. The fourth-order valence-electron chi connectivity index (χ4n) is 0.935. The van der Waals surface area contributed by atoms with E-state index in [1.165, 1.54) is 18.7 Å². The molecule has 0 aliphatic carbocycles. The molecule has 0 unspecified atom stereocenters. The molecule has 3 nitrogen and oxygen atoms in total. The van der Waals surface area contributed by atoms with Crippen molar-refractivity contribution in [1.82, 2.24) is 9.97 Å². The Morgan fingerprint density at radius 1 is 1.33 bits per heavy atom. The van der Waals surface area contributed by atoms with Crippen LogP contribution in [0.2, 0.25) is 0 Å². The molecular formula is C12H14N2O. The van der Waals surface area contributed by atoms with Crippen molar-refractivity contribution < 1.29 is 4.79 Å². The third-order valence-electron chi connectivity index (χ3n) is 1.59. The van der Waals surface area contributed by atoms with Gasteiger partial charge in [-0.3, -0.25) is 4.79 Å². The minimum absolute atomic E-state index is 0.0349. The minimum atomic E-state index is -0.0620. The van der Waals surface area contributed by atoms with Crippen LogP contribution in [0, 0.1) is 17.3 Å². The van der Waals surface area contributed by atoms with E-state index in [4.69, 9.17) is 0 Å². The van der Waals surface area contributed by atoms with Gasteiger partial charge in [-0.15, -0.1) is 0 Å². The molecule has 1 aromatic heterocycles. The molecule has 0 amide bonds. The summed E-state index contributed by atoms with van der Waals surface area (Å²) in [6.07, 6.45) is 4.64. The molecule has 0 bridgehead atoms. The maximum Gasteiger partial charge on any atom is 0.177 e. The van der Waals surface area contributed by atoms with Crippen molar-refractivity contribution in [2.75, 3.05) is 0 Å². The molecule has 0 saturated carbocycles. The molecule has 0 aromatic carbocycles. The molecule has 0 aliphatic rings. The predicted octanol–water partition coefficient (Wildman–Crippen LogP) is 2.10. The Morgan fingerprint density at radius 2 is 1.93 bits per heavy atom. The highest BCUT2D eigenvalue weighted by molar-refractivity contribution is 5.96. The maximum absolute atomic E-state index is 11.5. The summed E-state index contributed by atoms with van der Waals surface area (Å²) in [5.74, 6) is 5.84. The number of rotatable bonds is 2. The van der Waals surface area contributed by atoms with E-state index in [0.717, 1.165) is 0 Å². The lowest BCUT2D eigenvalue weighted by molar-refractivity contribution is 0.0997. The normalized spacial score (nSPS) is 10.3. The Kier molecular flexibility index (Phi) is 3.56. The first-order chi connectivity index (χ1) is 6.99. The molecule has 1 heterocycles. The molecule has 0 atom stereocenters. The number of hydrogen-bond donors (Lipinski definition) is 0. The first-order valence-electron chi connectivity index (χ1n) is 4.77. The number of hydrogen-bond acceptors (Lipinski definition) is 3. The summed E-state index contributed by atoms with van der Waals surface area (Å²) in [5, 5.41) is 0. The quantitative estimate of drug-likeness (QED) is 0.545. The van der Waals surface area contributed by atoms with E-state index in [-0.39, 0.29) is 17.6 Å². The summed E-state index contributed by atoms with van der Waals surface area (Å²) in [6.45, 7) is 6.03. The predicted molar refractivity (Wildman–Crippen MR) is 58.2 cm³/mol. The highest BCUT2D eigenvalue weighted by Crippen LogP contribution is 2.10. The Bertz CT molecular complexity index is 393. The van der Waals surface area contributed by atoms with Gasteiger partial charge in [-0.1, -0.05) is 11.8 Å². The summed E-state index contributed by atoms with van der Waals surface area (Å²) < 4.78 is 0. The van der Waals surface area contributed by atoms with E-state index in [1.54, 1.807) is 0 Å². The summed E-state index contributed by atoms with van der Waals surface area (Å²) >= 11 is 0. The molecule has 0 spiro atoms. The Labute approximate surface area is 90.0 Å². The lowest BCUT2D eigenvalue weighted by Gasteiger charge is -2.06. The summed E-state index contributed by atoms with van der Waals surface area (Å²) in [7, 11) is 0. The SMILES string of the molecule is CC(C)(C)C#CCC(=O)c1cncnc1. The van der Waals surface area contributed by atoms with E-state index in [1.807, 2.05) is 20.8 Å². The second kappa shape index (κ2) is 4.70. The van der Waals surface area contributed by atoms with Gasteiger partial charge in [-0.25, -0.2) is 9.97 Å². The Morgan fingerprint density at radius 3 is 2.47 bits per heavy atom. The van der Waals surface area contributed by atoms with Gasteiger partial charge in [0.2, 0.25) is 0 Å². The number of Topliss-reactive ketones (excluding diaryl/α,β-unsaturated/α-hetero) is 1. The van der Waals surface area contributed by atoms with Gasteiger partial charge in [0, 0.05) is 17.8 Å². The van der Waals surface area contributed by atoms with Gasteiger partial charge in [0.15, 0.2) is 5.78 Å². The van der Waals surface area contributed by atoms with Crippen LogP contribution in [-0.4, -0.2) is 15.8 Å². The van der Waals surface area contributed by atoms with Crippen molar-refractivity contribution in [3.8, 4) is 11.8 Å². The van der Waals surface area contributed by atoms with Gasteiger partial charge in [0.05, 0.1) is 12.0 Å². The van der Waals surface area contributed by atoms with Crippen molar-refractivity contribution in [2.24, 2.45) is 5.41 Å². The fourth-order valence-corrected chi connectivity index (χ4v) is 0.935. The van der Waals surface area contributed by atoms with Crippen molar-refractivity contribution in [1.29, 1.82) is 0 Å². The Hall–Kier alpha value is -1.69. The zero-order chi connectivity index (χ0) is 11.3. The van der Waals surface area contributed by atoms with Crippen LogP contribution in [0.15, 0.2) is 18.7 Å². The number of ketones is 1. The number of nitrogens with zero attached hydrogens (tertiary/aromatic N) is 2. The van der Waals surface area contributed by atoms with Gasteiger partial charge >= 0.3 is 0 Å². The van der Waals surface area contributed by atoms with E-state index < -0.39 is 0 Å². The largest absolute Gasteiger partial charge is 0.293 e. The molecule has 1 rings (SSSR count). The highest BCUT2D eigenvalue weighted by atomic mass is 16.1. The average molecular weight is 202 g/mol. The minimum Gasteiger partial charge on any atom is -0.293 e. The third kappa shape index (κ3) is 4.37. The number of carbonyl (C=O) groups is 1. The second-order valence-electron chi connectivity index (χ2n) is 4.28. The molecule has 0 fully saturated rings. The summed E-state index contributed by atoms with van der Waals surface area (Å²) in [5.41, 5.74) is 0.453. The van der Waals surface area contributed by atoms with Crippen LogP contribution in [0.5, 0.6) is 0 Å². The van der Waals surface area contributed by atoms with Crippen LogP contribution in [0.25, 0.3) is 0 Å². The topological polar surface area (TPSA) is 42.9 Å². The van der Waals surface area contributed by atoms with Gasteiger partial charge in [-0.2, -0.15) is 0 Å². The van der Waals surface area contributed by atoms with Crippen molar-refractivity contribution in [3.05, 3.63) is 24.3 Å². The van der Waals surface area contributed by atoms with Crippen molar-refractivity contribution in [2.45, 2.75) is 27.2 Å². The first-order valence-corrected chi connectivity index (χ1v) is 4.77. The maximum atomic E-state index is 11.5. The monoisotopic (exact) mass is 202 g/mol. The zero-order valence-corrected chi connectivity index (χ0v) is 9.24. The second-order valence-corrected chi connectivity index (χ2v) is 4.28. The van der Waals surface area contributed by atoms with Gasteiger partial charge < -0.3 is 0 Å². The lowest BCUT2D eigenvalue weighted by atomic mass is 9.97. The number of aromatic nitrogens is 2. The molecule has 0 radical (unpaired) electrons. The number of carbonyl (C=O) groups excluding carboxylic acids is 1. The fraction of sp³-hybridized carbons (Fsp3) is 0.417.